The van der Waals surface area contributed by atoms with Gasteiger partial charge in [0, 0.05) is 18.0 Å². The van der Waals surface area contributed by atoms with Crippen molar-refractivity contribution in [2.75, 3.05) is 13.1 Å². The maximum absolute atomic E-state index is 12.6. The van der Waals surface area contributed by atoms with Crippen LogP contribution in [0.25, 0.3) is 0 Å². The Hall–Kier alpha value is -1.44. The molecular weight excluding hydrogens is 304 g/mol. The lowest BCUT2D eigenvalue weighted by atomic mass is 9.82. The van der Waals surface area contributed by atoms with Crippen LogP contribution in [0, 0.1) is 11.8 Å². The number of benzene rings is 1. The van der Waals surface area contributed by atoms with Crippen LogP contribution >= 0.6 is 0 Å². The van der Waals surface area contributed by atoms with Crippen LogP contribution in [0.15, 0.2) is 29.2 Å². The summed E-state index contributed by atoms with van der Waals surface area (Å²) in [4.78, 5) is 14.0. The van der Waals surface area contributed by atoms with Gasteiger partial charge in [0.15, 0.2) is 0 Å². The number of nitrogens with zero attached hydrogens (tertiary/aromatic N) is 1. The molecule has 122 valence electrons. The van der Waals surface area contributed by atoms with Gasteiger partial charge in [-0.2, -0.15) is 0 Å². The fourth-order valence-corrected chi connectivity index (χ4v) is 3.47. The molecule has 1 fully saturated rings. The van der Waals surface area contributed by atoms with E-state index in [0.717, 1.165) is 0 Å². The standard InChI is InChI=1S/C15H22N2O4S/c1-10(2)15(19)9-17(8-11(15)3)14(18)12-5-4-6-13(7-12)22(16,20)21/h4-7,10-11,19H,8-9H2,1-3H3,(H2,16,20,21)/t11-,15-/m0/s1. The minimum Gasteiger partial charge on any atom is -0.387 e. The Morgan fingerprint density at radius 2 is 2.09 bits per heavy atom. The van der Waals surface area contributed by atoms with Gasteiger partial charge in [-0.15, -0.1) is 0 Å². The Bertz CT molecular complexity index is 687. The number of nitrogens with two attached hydrogens (primary N) is 1. The van der Waals surface area contributed by atoms with Crippen LogP contribution < -0.4 is 5.14 Å². The van der Waals surface area contributed by atoms with Gasteiger partial charge in [0.05, 0.1) is 17.0 Å². The van der Waals surface area contributed by atoms with Crippen LogP contribution in [0.5, 0.6) is 0 Å². The van der Waals surface area contributed by atoms with Gasteiger partial charge < -0.3 is 10.0 Å². The van der Waals surface area contributed by atoms with E-state index in [-0.39, 0.29) is 34.7 Å². The third-order valence-corrected chi connectivity index (χ3v) is 5.40. The number of aliphatic hydroxyl groups is 1. The maximum Gasteiger partial charge on any atom is 0.254 e. The highest BCUT2D eigenvalue weighted by Crippen LogP contribution is 2.34. The Kier molecular flexibility index (Phi) is 4.34. The minimum atomic E-state index is -3.85. The number of amides is 1. The predicted molar refractivity (Wildman–Crippen MR) is 82.7 cm³/mol. The van der Waals surface area contributed by atoms with Crippen LogP contribution in [0.1, 0.15) is 31.1 Å². The molecule has 2 atom stereocenters. The van der Waals surface area contributed by atoms with Crippen LogP contribution in [-0.2, 0) is 10.0 Å². The summed E-state index contributed by atoms with van der Waals surface area (Å²) in [6, 6.07) is 5.66. The zero-order valence-electron chi connectivity index (χ0n) is 13.0. The predicted octanol–water partition coefficient (Wildman–Crippen LogP) is 0.813. The van der Waals surface area contributed by atoms with E-state index in [1.54, 1.807) is 11.0 Å². The van der Waals surface area contributed by atoms with Crippen molar-refractivity contribution in [1.82, 2.24) is 4.90 Å². The first-order valence-electron chi connectivity index (χ1n) is 7.20. The first-order valence-corrected chi connectivity index (χ1v) is 8.75. The summed E-state index contributed by atoms with van der Waals surface area (Å²) in [5.74, 6) is -0.317. The van der Waals surface area contributed by atoms with E-state index in [9.17, 15) is 18.3 Å². The molecule has 0 aromatic heterocycles. The van der Waals surface area contributed by atoms with Crippen molar-refractivity contribution in [2.24, 2.45) is 17.0 Å². The summed E-state index contributed by atoms with van der Waals surface area (Å²) in [6.45, 7) is 6.43. The van der Waals surface area contributed by atoms with Gasteiger partial charge in [-0.3, -0.25) is 4.79 Å². The number of carbonyl (C=O) groups is 1. The molecule has 0 aliphatic carbocycles. The van der Waals surface area contributed by atoms with Gasteiger partial charge in [-0.05, 0) is 24.1 Å². The number of rotatable bonds is 3. The second kappa shape index (κ2) is 5.64. The lowest BCUT2D eigenvalue weighted by Crippen LogP contribution is -2.43. The molecule has 1 aromatic rings. The Morgan fingerprint density at radius 3 is 2.59 bits per heavy atom. The molecule has 1 heterocycles. The van der Waals surface area contributed by atoms with Crippen LogP contribution in [0.3, 0.4) is 0 Å². The average molecular weight is 326 g/mol. The molecule has 1 aliphatic heterocycles. The summed E-state index contributed by atoms with van der Waals surface area (Å²) >= 11 is 0. The summed E-state index contributed by atoms with van der Waals surface area (Å²) in [7, 11) is -3.85. The molecule has 0 spiro atoms. The summed E-state index contributed by atoms with van der Waals surface area (Å²) in [5, 5.41) is 15.8. The fourth-order valence-electron chi connectivity index (χ4n) is 2.91. The Morgan fingerprint density at radius 1 is 1.45 bits per heavy atom. The first-order chi connectivity index (χ1) is 10.1. The third kappa shape index (κ3) is 3.02. The van der Waals surface area contributed by atoms with Crippen molar-refractivity contribution >= 4 is 15.9 Å². The number of carbonyl (C=O) groups excluding carboxylic acids is 1. The topological polar surface area (TPSA) is 101 Å². The van der Waals surface area contributed by atoms with E-state index in [1.165, 1.54) is 18.2 Å². The molecule has 22 heavy (non-hydrogen) atoms. The highest BCUT2D eigenvalue weighted by atomic mass is 32.2. The number of β-amino-alcohol motifs (C(OH)–C–C–N with tert-alkyl or cyclic N) is 1. The normalized spacial score (nSPS) is 25.7. The van der Waals surface area contributed by atoms with Crippen molar-refractivity contribution in [3.05, 3.63) is 29.8 Å². The summed E-state index contributed by atoms with van der Waals surface area (Å²) < 4.78 is 22.8. The average Bonchev–Trinajstić information content (AvgIpc) is 2.74. The van der Waals surface area contributed by atoms with Gasteiger partial charge in [-0.25, -0.2) is 13.6 Å². The van der Waals surface area contributed by atoms with E-state index in [0.29, 0.717) is 6.54 Å². The molecule has 7 heteroatoms. The van der Waals surface area contributed by atoms with Gasteiger partial charge in [0.2, 0.25) is 10.0 Å². The van der Waals surface area contributed by atoms with E-state index in [2.05, 4.69) is 0 Å². The van der Waals surface area contributed by atoms with Crippen LogP contribution in [0.2, 0.25) is 0 Å². The zero-order chi connectivity index (χ0) is 16.7. The zero-order valence-corrected chi connectivity index (χ0v) is 13.8. The summed E-state index contributed by atoms with van der Waals surface area (Å²) in [5.41, 5.74) is -0.667. The van der Waals surface area contributed by atoms with Crippen molar-refractivity contribution < 1.29 is 18.3 Å². The molecule has 6 nitrogen and oxygen atoms in total. The first kappa shape index (κ1) is 16.9. The van der Waals surface area contributed by atoms with E-state index < -0.39 is 15.6 Å². The van der Waals surface area contributed by atoms with Crippen molar-refractivity contribution in [3.63, 3.8) is 0 Å². The van der Waals surface area contributed by atoms with Crippen LogP contribution in [0.4, 0.5) is 0 Å². The van der Waals surface area contributed by atoms with Crippen molar-refractivity contribution in [3.8, 4) is 0 Å². The SMILES string of the molecule is CC(C)[C@@]1(O)CN(C(=O)c2cccc(S(N)(=O)=O)c2)C[C@@H]1C. The van der Waals surface area contributed by atoms with Crippen molar-refractivity contribution in [1.29, 1.82) is 0 Å². The highest BCUT2D eigenvalue weighted by molar-refractivity contribution is 7.89. The third-order valence-electron chi connectivity index (χ3n) is 4.49. The molecular formula is C15H22N2O4S. The molecule has 1 saturated heterocycles. The van der Waals surface area contributed by atoms with Gasteiger partial charge in [0.25, 0.3) is 5.91 Å². The van der Waals surface area contributed by atoms with Crippen molar-refractivity contribution in [2.45, 2.75) is 31.3 Å². The summed E-state index contributed by atoms with van der Waals surface area (Å²) in [6.07, 6.45) is 0. The maximum atomic E-state index is 12.6. The number of hydrogen-bond acceptors (Lipinski definition) is 4. The molecule has 3 N–H and O–H groups in total. The Balaban J connectivity index is 2.27. The quantitative estimate of drug-likeness (QED) is 0.858. The fraction of sp³-hybridized carbons (Fsp3) is 0.533. The van der Waals surface area contributed by atoms with Crippen LogP contribution in [-0.4, -0.2) is 43.0 Å². The highest BCUT2D eigenvalue weighted by Gasteiger charge is 2.46. The number of sulfonamides is 1. The Labute approximate surface area is 131 Å². The smallest absolute Gasteiger partial charge is 0.254 e. The second-order valence-electron chi connectivity index (χ2n) is 6.31. The molecule has 0 radical (unpaired) electrons. The van der Waals surface area contributed by atoms with Gasteiger partial charge in [0.1, 0.15) is 0 Å². The second-order valence-corrected chi connectivity index (χ2v) is 7.87. The molecule has 1 amide bonds. The van der Waals surface area contributed by atoms with E-state index in [1.807, 2.05) is 20.8 Å². The lowest BCUT2D eigenvalue weighted by Gasteiger charge is -2.31. The molecule has 1 aliphatic rings. The lowest BCUT2D eigenvalue weighted by molar-refractivity contribution is -0.0243. The molecule has 0 unspecified atom stereocenters. The number of likely N-dealkylation sites (tertiary alicyclic amines) is 1. The molecule has 0 saturated carbocycles. The molecule has 0 bridgehead atoms. The largest absolute Gasteiger partial charge is 0.387 e. The van der Waals surface area contributed by atoms with E-state index >= 15 is 0 Å². The van der Waals surface area contributed by atoms with Gasteiger partial charge in [-0.1, -0.05) is 26.8 Å². The number of hydrogen-bond donors (Lipinski definition) is 2. The van der Waals surface area contributed by atoms with E-state index in [4.69, 9.17) is 5.14 Å². The van der Waals surface area contributed by atoms with Gasteiger partial charge >= 0.3 is 0 Å². The minimum absolute atomic E-state index is 0.0241. The monoisotopic (exact) mass is 326 g/mol. The molecule has 2 rings (SSSR count). The molecule has 1 aromatic carbocycles. The number of primary sulfonamides is 1.